The zero-order valence-corrected chi connectivity index (χ0v) is 14.8. The summed E-state index contributed by atoms with van der Waals surface area (Å²) >= 11 is 6.33. The molecule has 0 aliphatic rings. The summed E-state index contributed by atoms with van der Waals surface area (Å²) in [7, 11) is 1.49. The Morgan fingerprint density at radius 2 is 2.11 bits per heavy atom. The highest BCUT2D eigenvalue weighted by Crippen LogP contribution is 2.31. The Hall–Kier alpha value is -2.78. The minimum Gasteiger partial charge on any atom is -0.480 e. The van der Waals surface area contributed by atoms with Gasteiger partial charge < -0.3 is 20.1 Å². The maximum Gasteiger partial charge on any atom is 0.273 e. The van der Waals surface area contributed by atoms with Crippen LogP contribution in [0.3, 0.4) is 0 Å². The first-order valence-corrected chi connectivity index (χ1v) is 8.18. The number of fused-ring (bicyclic) bond motifs is 1. The SMILES string of the molecule is COc1cnc(-c2cc3[nH]c(CNC(=O)C(O)C(F)F)cc3cc2Cl)cn1. The minimum atomic E-state index is -3.14. The van der Waals surface area contributed by atoms with Crippen molar-refractivity contribution in [2.45, 2.75) is 19.1 Å². The number of aliphatic hydroxyl groups is 1. The Morgan fingerprint density at radius 1 is 1.33 bits per heavy atom. The lowest BCUT2D eigenvalue weighted by molar-refractivity contribution is -0.137. The molecule has 0 saturated heterocycles. The van der Waals surface area contributed by atoms with Gasteiger partial charge in [-0.3, -0.25) is 4.79 Å². The topological polar surface area (TPSA) is 100 Å². The van der Waals surface area contributed by atoms with Gasteiger partial charge in [0.05, 0.1) is 36.8 Å². The number of hydrogen-bond acceptors (Lipinski definition) is 5. The largest absolute Gasteiger partial charge is 0.480 e. The molecule has 1 aromatic carbocycles. The van der Waals surface area contributed by atoms with E-state index in [1.54, 1.807) is 18.2 Å². The number of aromatic nitrogens is 3. The first-order valence-electron chi connectivity index (χ1n) is 7.80. The lowest BCUT2D eigenvalue weighted by atomic mass is 10.1. The van der Waals surface area contributed by atoms with Crippen LogP contribution in [0.2, 0.25) is 5.02 Å². The summed E-state index contributed by atoms with van der Waals surface area (Å²) in [5, 5.41) is 12.5. The summed E-state index contributed by atoms with van der Waals surface area (Å²) in [5.74, 6) is -0.768. The highest BCUT2D eigenvalue weighted by Gasteiger charge is 2.25. The van der Waals surface area contributed by atoms with E-state index in [4.69, 9.17) is 21.4 Å². The van der Waals surface area contributed by atoms with Gasteiger partial charge in [0.25, 0.3) is 12.3 Å². The number of methoxy groups -OCH3 is 1. The number of ether oxygens (including phenoxy) is 1. The zero-order valence-electron chi connectivity index (χ0n) is 14.0. The Bertz CT molecular complexity index is 963. The third kappa shape index (κ3) is 4.15. The highest BCUT2D eigenvalue weighted by molar-refractivity contribution is 6.34. The van der Waals surface area contributed by atoms with Crippen molar-refractivity contribution in [2.75, 3.05) is 7.11 Å². The van der Waals surface area contributed by atoms with E-state index in [1.807, 2.05) is 0 Å². The number of aromatic amines is 1. The monoisotopic (exact) mass is 396 g/mol. The minimum absolute atomic E-state index is 0.0490. The Balaban J connectivity index is 1.82. The molecule has 0 radical (unpaired) electrons. The lowest BCUT2D eigenvalue weighted by Gasteiger charge is -2.09. The predicted octanol–water partition coefficient (Wildman–Crippen LogP) is 2.53. The number of amides is 1. The molecule has 3 N–H and O–H groups in total. The zero-order chi connectivity index (χ0) is 19.6. The highest BCUT2D eigenvalue weighted by atomic mass is 35.5. The number of nitrogens with one attached hydrogen (secondary N) is 2. The molecular formula is C17H15ClF2N4O3. The van der Waals surface area contributed by atoms with Crippen molar-refractivity contribution in [1.82, 2.24) is 20.3 Å². The Labute approximate surface area is 157 Å². The van der Waals surface area contributed by atoms with Gasteiger partial charge >= 0.3 is 0 Å². The molecule has 0 aliphatic carbocycles. The molecule has 7 nitrogen and oxygen atoms in total. The smallest absolute Gasteiger partial charge is 0.273 e. The Kier molecular flexibility index (Phi) is 5.52. The van der Waals surface area contributed by atoms with Crippen LogP contribution in [-0.2, 0) is 11.3 Å². The van der Waals surface area contributed by atoms with E-state index in [0.717, 1.165) is 5.39 Å². The van der Waals surface area contributed by atoms with E-state index >= 15 is 0 Å². The van der Waals surface area contributed by atoms with Crippen molar-refractivity contribution in [3.63, 3.8) is 0 Å². The molecule has 0 aliphatic heterocycles. The fraction of sp³-hybridized carbons (Fsp3) is 0.235. The van der Waals surface area contributed by atoms with Gasteiger partial charge in [0, 0.05) is 22.2 Å². The van der Waals surface area contributed by atoms with Crippen LogP contribution in [0.5, 0.6) is 5.88 Å². The van der Waals surface area contributed by atoms with Crippen molar-refractivity contribution < 1.29 is 23.4 Å². The van der Waals surface area contributed by atoms with Crippen LogP contribution in [0.4, 0.5) is 8.78 Å². The van der Waals surface area contributed by atoms with E-state index in [0.29, 0.717) is 33.4 Å². The van der Waals surface area contributed by atoms with Gasteiger partial charge in [0.15, 0.2) is 6.10 Å². The first kappa shape index (κ1) is 19.0. The van der Waals surface area contributed by atoms with Crippen LogP contribution in [0.1, 0.15) is 5.69 Å². The number of aliphatic hydroxyl groups excluding tert-OH is 1. The lowest BCUT2D eigenvalue weighted by Crippen LogP contribution is -2.38. The normalized spacial score (nSPS) is 12.4. The summed E-state index contributed by atoms with van der Waals surface area (Å²) in [5.41, 5.74) is 2.47. The summed E-state index contributed by atoms with van der Waals surface area (Å²) in [6.45, 7) is -0.0490. The predicted molar refractivity (Wildman–Crippen MR) is 94.7 cm³/mol. The van der Waals surface area contributed by atoms with Gasteiger partial charge in [-0.05, 0) is 18.2 Å². The summed E-state index contributed by atoms with van der Waals surface area (Å²) in [4.78, 5) is 22.8. The standard InChI is InChI=1S/C17H15ClF2N4O3/c1-27-14-7-21-13(6-22-14)10-4-12-8(3-11(10)18)2-9(24-12)5-23-17(26)15(25)16(19)20/h2-4,6-7,15-16,24-25H,5H2,1H3,(H,23,26). The van der Waals surface area contributed by atoms with Gasteiger partial charge in [-0.2, -0.15) is 0 Å². The molecule has 0 fully saturated rings. The molecule has 1 atom stereocenters. The third-order valence-electron chi connectivity index (χ3n) is 3.84. The van der Waals surface area contributed by atoms with Crippen LogP contribution in [0.25, 0.3) is 22.2 Å². The molecule has 1 amide bonds. The number of hydrogen-bond donors (Lipinski definition) is 3. The van der Waals surface area contributed by atoms with E-state index in [9.17, 15) is 13.6 Å². The van der Waals surface area contributed by atoms with Crippen molar-refractivity contribution in [2.24, 2.45) is 0 Å². The van der Waals surface area contributed by atoms with Crippen molar-refractivity contribution in [3.8, 4) is 17.1 Å². The summed E-state index contributed by atoms with van der Waals surface area (Å²) in [6, 6.07) is 5.21. The maximum absolute atomic E-state index is 12.3. The molecule has 2 heterocycles. The fourth-order valence-corrected chi connectivity index (χ4v) is 2.74. The number of H-pyrrole nitrogens is 1. The molecular weight excluding hydrogens is 382 g/mol. The molecule has 10 heteroatoms. The molecule has 0 bridgehead atoms. The van der Waals surface area contributed by atoms with Crippen molar-refractivity contribution in [3.05, 3.63) is 41.3 Å². The maximum atomic E-state index is 12.3. The molecule has 142 valence electrons. The van der Waals surface area contributed by atoms with Crippen LogP contribution in [0.15, 0.2) is 30.6 Å². The van der Waals surface area contributed by atoms with Crippen molar-refractivity contribution >= 4 is 28.4 Å². The second-order valence-corrected chi connectivity index (χ2v) is 6.06. The van der Waals surface area contributed by atoms with E-state index in [-0.39, 0.29) is 6.54 Å². The van der Waals surface area contributed by atoms with Crippen LogP contribution >= 0.6 is 11.6 Å². The molecule has 3 aromatic rings. The van der Waals surface area contributed by atoms with E-state index < -0.39 is 18.4 Å². The molecule has 27 heavy (non-hydrogen) atoms. The van der Waals surface area contributed by atoms with Gasteiger partial charge in [-0.15, -0.1) is 0 Å². The van der Waals surface area contributed by atoms with Crippen molar-refractivity contribution in [1.29, 1.82) is 0 Å². The molecule has 0 spiro atoms. The number of benzene rings is 1. The van der Waals surface area contributed by atoms with Gasteiger partial charge in [0.2, 0.25) is 5.88 Å². The van der Waals surface area contributed by atoms with Gasteiger partial charge in [0.1, 0.15) is 0 Å². The number of halogens is 3. The molecule has 1 unspecified atom stereocenters. The van der Waals surface area contributed by atoms with Gasteiger partial charge in [-0.25, -0.2) is 18.7 Å². The van der Waals surface area contributed by atoms with Crippen LogP contribution < -0.4 is 10.1 Å². The average Bonchev–Trinajstić information content (AvgIpc) is 3.06. The number of carbonyl (C=O) groups is 1. The number of rotatable bonds is 6. The number of nitrogens with zero attached hydrogens (tertiary/aromatic N) is 2. The van der Waals surface area contributed by atoms with E-state index in [1.165, 1.54) is 19.5 Å². The number of carbonyl (C=O) groups excluding carboxylic acids is 1. The Morgan fingerprint density at radius 3 is 2.74 bits per heavy atom. The number of alkyl halides is 2. The van der Waals surface area contributed by atoms with Crippen LogP contribution in [0, 0.1) is 0 Å². The van der Waals surface area contributed by atoms with Crippen LogP contribution in [-0.4, -0.2) is 45.6 Å². The van der Waals surface area contributed by atoms with Gasteiger partial charge in [-0.1, -0.05) is 11.6 Å². The second-order valence-electron chi connectivity index (χ2n) is 5.65. The molecule has 2 aromatic heterocycles. The summed E-state index contributed by atoms with van der Waals surface area (Å²) < 4.78 is 29.6. The summed E-state index contributed by atoms with van der Waals surface area (Å²) in [6.07, 6.45) is -2.50. The fourth-order valence-electron chi connectivity index (χ4n) is 2.47. The quantitative estimate of drug-likeness (QED) is 0.594. The van der Waals surface area contributed by atoms with E-state index in [2.05, 4.69) is 20.3 Å². The third-order valence-corrected chi connectivity index (χ3v) is 4.15. The second kappa shape index (κ2) is 7.85. The molecule has 0 saturated carbocycles. The first-order chi connectivity index (χ1) is 12.9. The molecule has 3 rings (SSSR count). The average molecular weight is 397 g/mol.